The van der Waals surface area contributed by atoms with Gasteiger partial charge in [-0.05, 0) is 13.4 Å². The van der Waals surface area contributed by atoms with Gasteiger partial charge in [-0.2, -0.15) is 0 Å². The van der Waals surface area contributed by atoms with Gasteiger partial charge in [0.1, 0.15) is 7.85 Å². The third-order valence-electron chi connectivity index (χ3n) is 2.05. The standard InChI is InChI=1S/C9H19BN2O2/c1-3-8(13)7-12(5-4-11-2)9(14)6-10/h11H,3-7,10H2,1-2H3. The van der Waals surface area contributed by atoms with Crippen molar-refractivity contribution in [3.05, 3.63) is 0 Å². The Balaban J connectivity index is 4.09. The van der Waals surface area contributed by atoms with Crippen molar-refractivity contribution in [2.45, 2.75) is 19.7 Å². The van der Waals surface area contributed by atoms with E-state index in [0.717, 1.165) is 6.54 Å². The Morgan fingerprint density at radius 2 is 2.07 bits per heavy atom. The van der Waals surface area contributed by atoms with E-state index in [2.05, 4.69) is 5.32 Å². The Morgan fingerprint density at radius 3 is 2.50 bits per heavy atom. The minimum Gasteiger partial charge on any atom is -0.335 e. The molecule has 1 N–H and O–H groups in total. The summed E-state index contributed by atoms with van der Waals surface area (Å²) in [6, 6.07) is 0. The lowest BCUT2D eigenvalue weighted by Crippen LogP contribution is -2.39. The molecule has 4 nitrogen and oxygen atoms in total. The monoisotopic (exact) mass is 198 g/mol. The lowest BCUT2D eigenvalue weighted by atomic mass is 10.0. The molecule has 0 radical (unpaired) electrons. The minimum absolute atomic E-state index is 0.0436. The molecule has 0 aliphatic heterocycles. The molecule has 0 saturated heterocycles. The van der Waals surface area contributed by atoms with Crippen molar-refractivity contribution >= 4 is 19.5 Å². The number of ketones is 1. The van der Waals surface area contributed by atoms with E-state index in [-0.39, 0.29) is 18.2 Å². The van der Waals surface area contributed by atoms with Crippen LogP contribution in [0, 0.1) is 0 Å². The van der Waals surface area contributed by atoms with Crippen molar-refractivity contribution in [2.24, 2.45) is 0 Å². The minimum atomic E-state index is 0.0436. The fraction of sp³-hybridized carbons (Fsp3) is 0.778. The topological polar surface area (TPSA) is 49.4 Å². The van der Waals surface area contributed by atoms with Crippen LogP contribution in [-0.2, 0) is 9.59 Å². The molecule has 0 aromatic heterocycles. The molecule has 0 rings (SSSR count). The van der Waals surface area contributed by atoms with Gasteiger partial charge in [-0.1, -0.05) is 6.92 Å². The van der Waals surface area contributed by atoms with E-state index >= 15 is 0 Å². The highest BCUT2D eigenvalue weighted by molar-refractivity contribution is 6.19. The summed E-state index contributed by atoms with van der Waals surface area (Å²) >= 11 is 0. The predicted molar refractivity (Wildman–Crippen MR) is 59.2 cm³/mol. The van der Waals surface area contributed by atoms with E-state index < -0.39 is 0 Å². The molecule has 5 heteroatoms. The van der Waals surface area contributed by atoms with Crippen molar-refractivity contribution in [3.63, 3.8) is 0 Å². The highest BCUT2D eigenvalue weighted by Gasteiger charge is 2.13. The van der Waals surface area contributed by atoms with Gasteiger partial charge >= 0.3 is 0 Å². The number of carbonyl (C=O) groups is 2. The maximum atomic E-state index is 11.4. The smallest absolute Gasteiger partial charge is 0.215 e. The van der Waals surface area contributed by atoms with E-state index in [9.17, 15) is 9.59 Å². The molecule has 0 aromatic carbocycles. The number of likely N-dealkylation sites (N-methyl/N-ethyl adjacent to an activating group) is 1. The molecule has 1 amide bonds. The van der Waals surface area contributed by atoms with Gasteiger partial charge in [-0.15, -0.1) is 0 Å². The Kier molecular flexibility index (Phi) is 7.11. The second kappa shape index (κ2) is 7.56. The van der Waals surface area contributed by atoms with Gasteiger partial charge in [0, 0.05) is 19.5 Å². The molecule has 0 unspecified atom stereocenters. The summed E-state index contributed by atoms with van der Waals surface area (Å²) in [5, 5.41) is 2.96. The number of Topliss-reactive ketones (excluding diaryl/α,β-unsaturated/α-hetero) is 1. The molecular formula is C9H19BN2O2. The number of nitrogens with zero attached hydrogens (tertiary/aromatic N) is 1. The first-order valence-corrected chi connectivity index (χ1v) is 5.09. The first-order valence-electron chi connectivity index (χ1n) is 5.09. The van der Waals surface area contributed by atoms with E-state index in [0.29, 0.717) is 19.3 Å². The first kappa shape index (κ1) is 13.2. The Hall–Kier alpha value is -0.835. The maximum Gasteiger partial charge on any atom is 0.215 e. The van der Waals surface area contributed by atoms with Gasteiger partial charge < -0.3 is 10.2 Å². The fourth-order valence-electron chi connectivity index (χ4n) is 1.09. The second-order valence-electron chi connectivity index (χ2n) is 3.16. The highest BCUT2D eigenvalue weighted by Crippen LogP contribution is 1.95. The molecule has 0 saturated carbocycles. The van der Waals surface area contributed by atoms with E-state index in [1.807, 2.05) is 21.8 Å². The Labute approximate surface area is 86.4 Å². The number of hydrogen-bond acceptors (Lipinski definition) is 3. The SMILES string of the molecule is BCC(=O)N(CCNC)CC(=O)CC. The molecule has 0 spiro atoms. The molecule has 0 aliphatic rings. The quantitative estimate of drug-likeness (QED) is 0.537. The molecule has 0 bridgehead atoms. The van der Waals surface area contributed by atoms with Crippen LogP contribution in [0.4, 0.5) is 0 Å². The Bertz CT molecular complexity index is 197. The van der Waals surface area contributed by atoms with Crippen LogP contribution in [-0.4, -0.2) is 51.1 Å². The normalized spacial score (nSPS) is 9.86. The van der Waals surface area contributed by atoms with Gasteiger partial charge in [-0.25, -0.2) is 0 Å². The molecular weight excluding hydrogens is 179 g/mol. The fourth-order valence-corrected chi connectivity index (χ4v) is 1.09. The van der Waals surface area contributed by atoms with Gasteiger partial charge in [-0.3, -0.25) is 9.59 Å². The number of carbonyl (C=O) groups excluding carboxylic acids is 2. The predicted octanol–water partition coefficient (Wildman–Crippen LogP) is -0.935. The summed E-state index contributed by atoms with van der Waals surface area (Å²) in [4.78, 5) is 24.2. The molecule has 0 aromatic rings. The lowest BCUT2D eigenvalue weighted by molar-refractivity contribution is -0.133. The number of hydrogen-bond donors (Lipinski definition) is 1. The Morgan fingerprint density at radius 1 is 1.43 bits per heavy atom. The summed E-state index contributed by atoms with van der Waals surface area (Å²) in [5.74, 6) is 0.157. The van der Waals surface area contributed by atoms with Crippen LogP contribution in [0.2, 0.25) is 6.32 Å². The molecule has 0 fully saturated rings. The van der Waals surface area contributed by atoms with E-state index in [4.69, 9.17) is 0 Å². The first-order chi connectivity index (χ1) is 6.65. The van der Waals surface area contributed by atoms with Crippen molar-refractivity contribution < 1.29 is 9.59 Å². The zero-order valence-electron chi connectivity index (χ0n) is 9.30. The van der Waals surface area contributed by atoms with Crippen LogP contribution < -0.4 is 5.32 Å². The summed E-state index contributed by atoms with van der Waals surface area (Å²) in [6.45, 7) is 3.40. The van der Waals surface area contributed by atoms with Crippen LogP contribution in [0.15, 0.2) is 0 Å². The van der Waals surface area contributed by atoms with Crippen molar-refractivity contribution in [3.8, 4) is 0 Å². The average molecular weight is 198 g/mol. The number of nitrogens with one attached hydrogen (secondary N) is 1. The average Bonchev–Trinajstić information content (AvgIpc) is 2.22. The van der Waals surface area contributed by atoms with Crippen LogP contribution >= 0.6 is 0 Å². The van der Waals surface area contributed by atoms with Crippen molar-refractivity contribution in [2.75, 3.05) is 26.7 Å². The van der Waals surface area contributed by atoms with Crippen LogP contribution in [0.5, 0.6) is 0 Å². The van der Waals surface area contributed by atoms with Crippen LogP contribution in [0.1, 0.15) is 13.3 Å². The third-order valence-corrected chi connectivity index (χ3v) is 2.05. The van der Waals surface area contributed by atoms with Gasteiger partial charge in [0.15, 0.2) is 5.78 Å². The summed E-state index contributed by atoms with van der Waals surface area (Å²) in [5.41, 5.74) is 0. The van der Waals surface area contributed by atoms with E-state index in [1.54, 1.807) is 4.90 Å². The zero-order chi connectivity index (χ0) is 11.0. The number of amides is 1. The molecule has 0 heterocycles. The van der Waals surface area contributed by atoms with Crippen molar-refractivity contribution in [1.82, 2.24) is 10.2 Å². The zero-order valence-corrected chi connectivity index (χ0v) is 9.30. The third kappa shape index (κ3) is 5.02. The van der Waals surface area contributed by atoms with Gasteiger partial charge in [0.2, 0.25) is 5.91 Å². The molecule has 0 atom stereocenters. The van der Waals surface area contributed by atoms with Crippen molar-refractivity contribution in [1.29, 1.82) is 0 Å². The molecule has 80 valence electrons. The lowest BCUT2D eigenvalue weighted by Gasteiger charge is -2.21. The van der Waals surface area contributed by atoms with Crippen LogP contribution in [0.25, 0.3) is 0 Å². The summed E-state index contributed by atoms with van der Waals surface area (Å²) in [7, 11) is 3.64. The highest BCUT2D eigenvalue weighted by atomic mass is 16.2. The maximum absolute atomic E-state index is 11.4. The second-order valence-corrected chi connectivity index (χ2v) is 3.16. The summed E-state index contributed by atoms with van der Waals surface area (Å²) < 4.78 is 0. The van der Waals surface area contributed by atoms with Gasteiger partial charge in [0.05, 0.1) is 6.54 Å². The largest absolute Gasteiger partial charge is 0.335 e. The van der Waals surface area contributed by atoms with Crippen LogP contribution in [0.3, 0.4) is 0 Å². The summed E-state index contributed by atoms with van der Waals surface area (Å²) in [6.07, 6.45) is 0.952. The molecule has 0 aliphatic carbocycles. The van der Waals surface area contributed by atoms with Gasteiger partial charge in [0.25, 0.3) is 0 Å². The molecule has 14 heavy (non-hydrogen) atoms. The van der Waals surface area contributed by atoms with E-state index in [1.165, 1.54) is 0 Å². The number of rotatable bonds is 7.